The molecule has 1 aliphatic rings. The van der Waals surface area contributed by atoms with Gasteiger partial charge >= 0.3 is 0 Å². The second kappa shape index (κ2) is 9.71. The topological polar surface area (TPSA) is 94.2 Å². The third-order valence-electron chi connectivity index (χ3n) is 4.60. The van der Waals surface area contributed by atoms with Crippen LogP contribution in [0.5, 0.6) is 17.2 Å². The summed E-state index contributed by atoms with van der Waals surface area (Å²) >= 11 is 0. The maximum absolute atomic E-state index is 12.2. The van der Waals surface area contributed by atoms with Crippen molar-refractivity contribution >= 4 is 21.6 Å². The first kappa shape index (κ1) is 21.8. The monoisotopic (exact) mass is 434 g/mol. The first-order valence-corrected chi connectivity index (χ1v) is 11.5. The minimum absolute atomic E-state index is 0.170. The van der Waals surface area contributed by atoms with Gasteiger partial charge < -0.3 is 19.5 Å². The van der Waals surface area contributed by atoms with Crippen LogP contribution >= 0.6 is 0 Å². The summed E-state index contributed by atoms with van der Waals surface area (Å²) in [5.41, 5.74) is 0.503. The highest BCUT2D eigenvalue weighted by Gasteiger charge is 2.21. The average Bonchev–Trinajstić information content (AvgIpc) is 2.74. The zero-order valence-electron chi connectivity index (χ0n) is 17.0. The standard InChI is InChI=1S/C21H26N2O6S/c1-27-17-8-5-7-16(13-17)23(30(2,25)26)12-6-11-21(24)22-14-18-15-28-19-9-3-4-10-20(19)29-18/h3-5,7-10,13,18H,6,11-12,14-15H2,1-2H3,(H,22,24). The first-order chi connectivity index (χ1) is 14.4. The number of carbonyl (C=O) groups is 1. The summed E-state index contributed by atoms with van der Waals surface area (Å²) in [5.74, 6) is 1.75. The lowest BCUT2D eigenvalue weighted by molar-refractivity contribution is -0.121. The van der Waals surface area contributed by atoms with Gasteiger partial charge in [-0.2, -0.15) is 0 Å². The molecule has 0 aromatic heterocycles. The van der Waals surface area contributed by atoms with Gasteiger partial charge in [-0.3, -0.25) is 9.10 Å². The van der Waals surface area contributed by atoms with E-state index in [1.54, 1.807) is 24.3 Å². The molecule has 0 radical (unpaired) electrons. The molecule has 0 aliphatic carbocycles. The van der Waals surface area contributed by atoms with E-state index in [1.165, 1.54) is 11.4 Å². The molecule has 0 spiro atoms. The lowest BCUT2D eigenvalue weighted by atomic mass is 10.2. The average molecular weight is 435 g/mol. The third-order valence-corrected chi connectivity index (χ3v) is 5.80. The molecule has 1 atom stereocenters. The molecule has 162 valence electrons. The molecule has 3 rings (SSSR count). The van der Waals surface area contributed by atoms with Crippen molar-refractivity contribution in [1.82, 2.24) is 5.32 Å². The SMILES string of the molecule is COc1cccc(N(CCCC(=O)NCC2COc3ccccc3O2)S(C)(=O)=O)c1. The smallest absolute Gasteiger partial charge is 0.232 e. The van der Waals surface area contributed by atoms with Crippen molar-refractivity contribution in [2.45, 2.75) is 18.9 Å². The Hall–Kier alpha value is -2.94. The van der Waals surface area contributed by atoms with Crippen molar-refractivity contribution in [2.75, 3.05) is 37.4 Å². The van der Waals surface area contributed by atoms with Crippen molar-refractivity contribution in [3.8, 4) is 17.2 Å². The van der Waals surface area contributed by atoms with Crippen LogP contribution in [0.15, 0.2) is 48.5 Å². The Kier molecular flexibility index (Phi) is 7.04. The lowest BCUT2D eigenvalue weighted by Gasteiger charge is -2.26. The number of benzene rings is 2. The van der Waals surface area contributed by atoms with Gasteiger partial charge in [0.2, 0.25) is 15.9 Å². The quantitative estimate of drug-likeness (QED) is 0.650. The van der Waals surface area contributed by atoms with Gasteiger partial charge in [-0.05, 0) is 30.7 Å². The molecule has 9 heteroatoms. The number of sulfonamides is 1. The van der Waals surface area contributed by atoms with E-state index in [-0.39, 0.29) is 25.0 Å². The molecule has 8 nitrogen and oxygen atoms in total. The van der Waals surface area contributed by atoms with Crippen molar-refractivity contribution in [2.24, 2.45) is 0 Å². The van der Waals surface area contributed by atoms with Gasteiger partial charge in [0.05, 0.1) is 25.6 Å². The molecule has 1 N–H and O–H groups in total. The van der Waals surface area contributed by atoms with Gasteiger partial charge in [0.1, 0.15) is 18.5 Å². The molecule has 30 heavy (non-hydrogen) atoms. The second-order valence-corrected chi connectivity index (χ2v) is 8.85. The van der Waals surface area contributed by atoms with E-state index in [9.17, 15) is 13.2 Å². The van der Waals surface area contributed by atoms with E-state index in [2.05, 4.69) is 5.32 Å². The second-order valence-electron chi connectivity index (χ2n) is 6.94. The number of methoxy groups -OCH3 is 1. The zero-order chi connectivity index (χ0) is 21.6. The molecular formula is C21H26N2O6S. The summed E-state index contributed by atoms with van der Waals surface area (Å²) in [5, 5.41) is 2.82. The third kappa shape index (κ3) is 5.79. The number of ether oxygens (including phenoxy) is 3. The highest BCUT2D eigenvalue weighted by Crippen LogP contribution is 2.30. The van der Waals surface area contributed by atoms with E-state index < -0.39 is 10.0 Å². The van der Waals surface area contributed by atoms with Crippen LogP contribution in [0.4, 0.5) is 5.69 Å². The van der Waals surface area contributed by atoms with Crippen LogP contribution in [0.3, 0.4) is 0 Å². The van der Waals surface area contributed by atoms with Crippen LogP contribution < -0.4 is 23.8 Å². The van der Waals surface area contributed by atoms with Crippen LogP contribution in [0.1, 0.15) is 12.8 Å². The van der Waals surface area contributed by atoms with Crippen molar-refractivity contribution in [3.05, 3.63) is 48.5 Å². The maximum atomic E-state index is 12.2. The molecule has 2 aromatic rings. The number of fused-ring (bicyclic) bond motifs is 1. The predicted molar refractivity (Wildman–Crippen MR) is 114 cm³/mol. The van der Waals surface area contributed by atoms with E-state index in [0.717, 1.165) is 6.26 Å². The molecule has 0 fully saturated rings. The van der Waals surface area contributed by atoms with Gasteiger partial charge in [-0.25, -0.2) is 8.42 Å². The summed E-state index contributed by atoms with van der Waals surface area (Å²) in [6, 6.07) is 14.2. The van der Waals surface area contributed by atoms with E-state index in [0.29, 0.717) is 42.5 Å². The number of amides is 1. The number of nitrogens with zero attached hydrogens (tertiary/aromatic N) is 1. The van der Waals surface area contributed by atoms with Gasteiger partial charge in [-0.15, -0.1) is 0 Å². The van der Waals surface area contributed by atoms with Crippen molar-refractivity contribution in [1.29, 1.82) is 0 Å². The minimum Gasteiger partial charge on any atom is -0.497 e. The summed E-state index contributed by atoms with van der Waals surface area (Å²) < 4.78 is 42.3. The maximum Gasteiger partial charge on any atom is 0.232 e. The lowest BCUT2D eigenvalue weighted by Crippen LogP contribution is -2.41. The van der Waals surface area contributed by atoms with Crippen LogP contribution in [0, 0.1) is 0 Å². The molecule has 1 aliphatic heterocycles. The summed E-state index contributed by atoms with van der Waals surface area (Å²) in [7, 11) is -1.97. The summed E-state index contributed by atoms with van der Waals surface area (Å²) in [6.07, 6.45) is 1.44. The van der Waals surface area contributed by atoms with Gasteiger partial charge in [0, 0.05) is 19.0 Å². The van der Waals surface area contributed by atoms with Crippen LogP contribution in [0.2, 0.25) is 0 Å². The number of carbonyl (C=O) groups excluding carboxylic acids is 1. The van der Waals surface area contributed by atoms with E-state index in [4.69, 9.17) is 14.2 Å². The molecule has 1 amide bonds. The number of rotatable bonds is 9. The fourth-order valence-corrected chi connectivity index (χ4v) is 4.07. The van der Waals surface area contributed by atoms with Gasteiger partial charge in [0.15, 0.2) is 11.5 Å². The highest BCUT2D eigenvalue weighted by molar-refractivity contribution is 7.92. The molecule has 0 saturated heterocycles. The number of nitrogens with one attached hydrogen (secondary N) is 1. The Bertz CT molecular complexity index is 979. The Morgan fingerprint density at radius 2 is 1.97 bits per heavy atom. The van der Waals surface area contributed by atoms with E-state index in [1.807, 2.05) is 24.3 Å². The van der Waals surface area contributed by atoms with Crippen LogP contribution in [-0.4, -0.2) is 53.5 Å². The predicted octanol–water partition coefficient (Wildman–Crippen LogP) is 2.20. The van der Waals surface area contributed by atoms with Crippen molar-refractivity contribution in [3.63, 3.8) is 0 Å². The number of para-hydroxylation sites is 2. The normalized spacial score (nSPS) is 15.3. The molecule has 0 bridgehead atoms. The van der Waals surface area contributed by atoms with Gasteiger partial charge in [0.25, 0.3) is 0 Å². The zero-order valence-corrected chi connectivity index (χ0v) is 17.9. The Morgan fingerprint density at radius 3 is 2.70 bits per heavy atom. The van der Waals surface area contributed by atoms with E-state index >= 15 is 0 Å². The summed E-state index contributed by atoms with van der Waals surface area (Å²) in [4.78, 5) is 12.2. The first-order valence-electron chi connectivity index (χ1n) is 9.64. The summed E-state index contributed by atoms with van der Waals surface area (Å²) in [6.45, 7) is 0.865. The fourth-order valence-electron chi connectivity index (χ4n) is 3.11. The number of anilines is 1. The number of hydrogen-bond acceptors (Lipinski definition) is 6. The Morgan fingerprint density at radius 1 is 1.20 bits per heavy atom. The van der Waals surface area contributed by atoms with Gasteiger partial charge in [-0.1, -0.05) is 18.2 Å². The fraction of sp³-hybridized carbons (Fsp3) is 0.381. The van der Waals surface area contributed by atoms with Crippen molar-refractivity contribution < 1.29 is 27.4 Å². The largest absolute Gasteiger partial charge is 0.497 e. The Balaban J connectivity index is 1.48. The molecule has 0 saturated carbocycles. The van der Waals surface area contributed by atoms with Crippen LogP contribution in [0.25, 0.3) is 0 Å². The molecule has 1 heterocycles. The minimum atomic E-state index is -3.49. The molecule has 2 aromatic carbocycles. The van der Waals surface area contributed by atoms with Crippen LogP contribution in [-0.2, 0) is 14.8 Å². The molecule has 1 unspecified atom stereocenters. The molecular weight excluding hydrogens is 408 g/mol. The Labute approximate surface area is 176 Å². The number of hydrogen-bond donors (Lipinski definition) is 1. The highest BCUT2D eigenvalue weighted by atomic mass is 32.2.